The van der Waals surface area contributed by atoms with E-state index in [1.165, 1.54) is 0 Å². The van der Waals surface area contributed by atoms with Gasteiger partial charge in [0.25, 0.3) is 0 Å². The van der Waals surface area contributed by atoms with Gasteiger partial charge in [0.05, 0.1) is 0 Å². The first-order valence-corrected chi connectivity index (χ1v) is 6.61. The summed E-state index contributed by atoms with van der Waals surface area (Å²) in [5.74, 6) is 0.455. The summed E-state index contributed by atoms with van der Waals surface area (Å²) in [5, 5.41) is 10.4. The normalized spacial score (nSPS) is 13.0. The summed E-state index contributed by atoms with van der Waals surface area (Å²) in [7, 11) is 0. The van der Waals surface area contributed by atoms with Gasteiger partial charge in [-0.25, -0.2) is 0 Å². The molecule has 1 rings (SSSR count). The van der Waals surface area contributed by atoms with Crippen molar-refractivity contribution >= 4 is 3.78 Å². The minimum absolute atomic E-state index is 0.0266. The van der Waals surface area contributed by atoms with E-state index in [-0.39, 0.29) is 10.8 Å². The summed E-state index contributed by atoms with van der Waals surface area (Å²) < 4.78 is 1.16. The Morgan fingerprint density at radius 2 is 1.19 bits per heavy atom. The predicted molar refractivity (Wildman–Crippen MR) is 65.1 cm³/mol. The van der Waals surface area contributed by atoms with Crippen LogP contribution < -0.4 is 3.78 Å². The zero-order chi connectivity index (χ0) is 12.7. The minimum atomic E-state index is -0.0266. The van der Waals surface area contributed by atoms with Crippen LogP contribution in [0.2, 0.25) is 0 Å². The molecule has 0 unspecified atom stereocenters. The van der Waals surface area contributed by atoms with E-state index in [1.54, 1.807) is 0 Å². The second-order valence-electron chi connectivity index (χ2n) is 6.31. The molecule has 0 amide bonds. The number of rotatable bonds is 0. The number of hydrogen-bond acceptors (Lipinski definition) is 1. The Bertz CT molecular complexity index is 359. The summed E-state index contributed by atoms with van der Waals surface area (Å²) in [6.07, 6.45) is 0. The average Bonchev–Trinajstić information content (AvgIpc) is 2.04. The molecule has 0 fully saturated rings. The van der Waals surface area contributed by atoms with Crippen LogP contribution in [-0.4, -0.2) is 5.11 Å². The summed E-state index contributed by atoms with van der Waals surface area (Å²) in [6.45, 7) is 12.8. The maximum atomic E-state index is 10.4. The molecule has 1 aromatic rings. The molecule has 94 valence electrons. The Morgan fingerprint density at radius 1 is 0.875 bits per heavy atom. The fourth-order valence-electron chi connectivity index (χ4n) is 1.72. The Morgan fingerprint density at radius 3 is 1.44 bits per heavy atom. The van der Waals surface area contributed by atoms with Crippen LogP contribution in [0.5, 0.6) is 5.75 Å². The summed E-state index contributed by atoms with van der Waals surface area (Å²) >= 11 is 2.51. The molecule has 2 heteroatoms. The Kier molecular flexibility index (Phi) is 3.64. The first-order chi connectivity index (χ1) is 7.03. The summed E-state index contributed by atoms with van der Waals surface area (Å²) in [5.41, 5.74) is 2.00. The zero-order valence-electron chi connectivity index (χ0n) is 10.9. The van der Waals surface area contributed by atoms with E-state index in [0.717, 1.165) is 14.9 Å². The Hall–Kier alpha value is -0.240. The van der Waals surface area contributed by atoms with E-state index in [1.807, 2.05) is 0 Å². The van der Waals surface area contributed by atoms with Crippen molar-refractivity contribution in [2.45, 2.75) is 52.4 Å². The van der Waals surface area contributed by atoms with Crippen molar-refractivity contribution in [2.75, 3.05) is 0 Å². The molecule has 0 bridgehead atoms. The maximum absolute atomic E-state index is 10.4. The van der Waals surface area contributed by atoms with E-state index in [9.17, 15) is 5.11 Å². The number of aromatic hydroxyl groups is 1. The van der Waals surface area contributed by atoms with E-state index in [4.69, 9.17) is 0 Å². The van der Waals surface area contributed by atoms with Gasteiger partial charge in [0, 0.05) is 0 Å². The molecule has 0 radical (unpaired) electrons. The van der Waals surface area contributed by atoms with Crippen LogP contribution in [0.3, 0.4) is 0 Å². The van der Waals surface area contributed by atoms with Gasteiger partial charge in [-0.15, -0.1) is 0 Å². The Balaban J connectivity index is 3.51. The van der Waals surface area contributed by atoms with Gasteiger partial charge >= 0.3 is 111 Å². The zero-order valence-corrected chi connectivity index (χ0v) is 13.1. The van der Waals surface area contributed by atoms with Gasteiger partial charge in [0.15, 0.2) is 0 Å². The second-order valence-corrected chi connectivity index (χ2v) is 7.56. The molecule has 0 aliphatic carbocycles. The molecule has 0 aliphatic heterocycles. The molecule has 0 spiro atoms. The Labute approximate surface area is 111 Å². The molecule has 16 heavy (non-hydrogen) atoms. The van der Waals surface area contributed by atoms with Gasteiger partial charge in [-0.1, -0.05) is 0 Å². The van der Waals surface area contributed by atoms with Gasteiger partial charge < -0.3 is 0 Å². The molecule has 0 saturated heterocycles. The van der Waals surface area contributed by atoms with E-state index in [2.05, 4.69) is 74.7 Å². The molecule has 1 nitrogen and oxygen atoms in total. The van der Waals surface area contributed by atoms with Crippen molar-refractivity contribution in [3.05, 3.63) is 23.3 Å². The number of phenols is 1. The van der Waals surface area contributed by atoms with Crippen molar-refractivity contribution in [2.24, 2.45) is 0 Å². The first-order valence-electron chi connectivity index (χ1n) is 5.53. The van der Waals surface area contributed by atoms with Gasteiger partial charge in [-0.05, 0) is 0 Å². The fourth-order valence-corrected chi connectivity index (χ4v) is 2.35. The van der Waals surface area contributed by atoms with Crippen LogP contribution in [0, 0.1) is 0 Å². The predicted octanol–water partition coefficient (Wildman–Crippen LogP) is 3.16. The van der Waals surface area contributed by atoms with Crippen LogP contribution in [0.25, 0.3) is 0 Å². The monoisotopic (exact) mass is 402 g/mol. The van der Waals surface area contributed by atoms with Crippen LogP contribution >= 0.6 is 0 Å². The number of hydrogen-bond donors (Lipinski definition) is 1. The first kappa shape index (κ1) is 13.8. The van der Waals surface area contributed by atoms with Gasteiger partial charge in [-0.2, -0.15) is 0 Å². The second kappa shape index (κ2) is 4.21. The van der Waals surface area contributed by atoms with Crippen molar-refractivity contribution in [1.82, 2.24) is 0 Å². The van der Waals surface area contributed by atoms with E-state index < -0.39 is 0 Å². The van der Waals surface area contributed by atoms with Crippen molar-refractivity contribution in [3.63, 3.8) is 0 Å². The third kappa shape index (κ3) is 2.91. The average molecular weight is 402 g/mol. The fraction of sp³-hybridized carbons (Fsp3) is 0.571. The SMILES string of the molecule is CC(C)(C)c1c[c]([Au])cc(C(C)(C)C)c1O. The third-order valence-electron chi connectivity index (χ3n) is 2.67. The van der Waals surface area contributed by atoms with Crippen molar-refractivity contribution in [3.8, 4) is 5.75 Å². The van der Waals surface area contributed by atoms with Crippen molar-refractivity contribution < 1.29 is 26.2 Å². The third-order valence-corrected chi connectivity index (χ3v) is 3.29. The van der Waals surface area contributed by atoms with Crippen LogP contribution in [0.1, 0.15) is 52.7 Å². The number of benzene rings is 1. The summed E-state index contributed by atoms with van der Waals surface area (Å²) in [6, 6.07) is 4.13. The molecule has 0 atom stereocenters. The van der Waals surface area contributed by atoms with E-state index >= 15 is 0 Å². The molecule has 0 aliphatic rings. The van der Waals surface area contributed by atoms with Crippen molar-refractivity contribution in [1.29, 1.82) is 0 Å². The molecule has 0 saturated carbocycles. The van der Waals surface area contributed by atoms with Gasteiger partial charge in [0.2, 0.25) is 0 Å². The van der Waals surface area contributed by atoms with Gasteiger partial charge in [0.1, 0.15) is 0 Å². The molecule has 1 N–H and O–H groups in total. The van der Waals surface area contributed by atoms with E-state index in [0.29, 0.717) is 5.75 Å². The molecule has 0 heterocycles. The molecule has 0 aromatic heterocycles. The topological polar surface area (TPSA) is 20.2 Å². The standard InChI is InChI=1S/C14H21O.Au/c1-13(2,3)10-8-7-9-11(12(10)15)14(4,5)6;/h8-9,15H,1-6H3;. The molecule has 1 aromatic carbocycles. The number of phenolic OH excluding ortho intramolecular Hbond substituents is 1. The molecular weight excluding hydrogens is 381 g/mol. The molecular formula is C14H21AuO. The quantitative estimate of drug-likeness (QED) is 0.662. The van der Waals surface area contributed by atoms with Crippen LogP contribution in [0.15, 0.2) is 12.1 Å². The summed E-state index contributed by atoms with van der Waals surface area (Å²) in [4.78, 5) is 0. The van der Waals surface area contributed by atoms with Crippen LogP contribution in [0.4, 0.5) is 0 Å². The van der Waals surface area contributed by atoms with Crippen LogP contribution in [-0.2, 0) is 31.9 Å². The van der Waals surface area contributed by atoms with Gasteiger partial charge in [-0.3, -0.25) is 0 Å².